The lowest BCUT2D eigenvalue weighted by Gasteiger charge is -2.11. The monoisotopic (exact) mass is 437 g/mol. The highest BCUT2D eigenvalue weighted by Gasteiger charge is 2.28. The SMILES string of the molecule is NC(=O)c1nnn(-c2ccc(C(=O)NCC(F)(F)F)cc2)c1COc1cccc(F)c1. The van der Waals surface area contributed by atoms with E-state index >= 15 is 0 Å². The van der Waals surface area contributed by atoms with E-state index in [4.69, 9.17) is 10.5 Å². The number of hydrogen-bond acceptors (Lipinski definition) is 5. The molecule has 8 nitrogen and oxygen atoms in total. The van der Waals surface area contributed by atoms with Crippen LogP contribution in [-0.4, -0.2) is 39.5 Å². The summed E-state index contributed by atoms with van der Waals surface area (Å²) in [6, 6.07) is 10.7. The smallest absolute Gasteiger partial charge is 0.405 e. The number of nitrogens with zero attached hydrogens (tertiary/aromatic N) is 3. The fourth-order valence-corrected chi connectivity index (χ4v) is 2.57. The van der Waals surface area contributed by atoms with Gasteiger partial charge in [-0.1, -0.05) is 11.3 Å². The lowest BCUT2D eigenvalue weighted by molar-refractivity contribution is -0.123. The number of primary amides is 1. The number of benzene rings is 2. The van der Waals surface area contributed by atoms with Crippen molar-refractivity contribution in [1.29, 1.82) is 0 Å². The fourth-order valence-electron chi connectivity index (χ4n) is 2.57. The number of rotatable bonds is 7. The number of aromatic nitrogens is 3. The van der Waals surface area contributed by atoms with E-state index < -0.39 is 30.4 Å². The van der Waals surface area contributed by atoms with Gasteiger partial charge < -0.3 is 15.8 Å². The van der Waals surface area contributed by atoms with Crippen molar-refractivity contribution >= 4 is 11.8 Å². The Morgan fingerprint density at radius 3 is 2.45 bits per heavy atom. The molecule has 1 aromatic heterocycles. The minimum Gasteiger partial charge on any atom is -0.487 e. The maximum atomic E-state index is 13.3. The molecule has 1 heterocycles. The van der Waals surface area contributed by atoms with Crippen LogP contribution >= 0.6 is 0 Å². The van der Waals surface area contributed by atoms with Gasteiger partial charge in [0.1, 0.15) is 30.4 Å². The third kappa shape index (κ3) is 5.56. The van der Waals surface area contributed by atoms with Gasteiger partial charge in [0.15, 0.2) is 5.69 Å². The molecule has 0 atom stereocenters. The lowest BCUT2D eigenvalue weighted by atomic mass is 10.2. The first-order chi connectivity index (χ1) is 14.6. The molecule has 0 aliphatic rings. The van der Waals surface area contributed by atoms with E-state index in [0.717, 1.165) is 6.07 Å². The van der Waals surface area contributed by atoms with Crippen LogP contribution in [0.5, 0.6) is 5.75 Å². The summed E-state index contributed by atoms with van der Waals surface area (Å²) in [5.41, 5.74) is 5.62. The molecule has 0 fully saturated rings. The number of carbonyl (C=O) groups is 2. The molecule has 3 aromatic rings. The summed E-state index contributed by atoms with van der Waals surface area (Å²) in [6.07, 6.45) is -4.53. The molecule has 0 aliphatic heterocycles. The van der Waals surface area contributed by atoms with Crippen molar-refractivity contribution in [2.24, 2.45) is 5.73 Å². The first kappa shape index (κ1) is 21.7. The van der Waals surface area contributed by atoms with Gasteiger partial charge in [-0.2, -0.15) is 13.2 Å². The van der Waals surface area contributed by atoms with Crippen LogP contribution in [0, 0.1) is 5.82 Å². The van der Waals surface area contributed by atoms with E-state index in [9.17, 15) is 27.2 Å². The van der Waals surface area contributed by atoms with Crippen LogP contribution < -0.4 is 15.8 Å². The topological polar surface area (TPSA) is 112 Å². The molecule has 12 heteroatoms. The van der Waals surface area contributed by atoms with Crippen LogP contribution in [0.2, 0.25) is 0 Å². The van der Waals surface area contributed by atoms with E-state index in [1.807, 2.05) is 0 Å². The molecule has 0 aliphatic carbocycles. The first-order valence-corrected chi connectivity index (χ1v) is 8.72. The Morgan fingerprint density at radius 1 is 1.13 bits per heavy atom. The summed E-state index contributed by atoms with van der Waals surface area (Å²) >= 11 is 0. The number of amides is 2. The molecule has 162 valence electrons. The van der Waals surface area contributed by atoms with Gasteiger partial charge in [0.2, 0.25) is 0 Å². The summed E-state index contributed by atoms with van der Waals surface area (Å²) < 4.78 is 56.8. The Bertz CT molecular complexity index is 1100. The standard InChI is InChI=1S/C19H15F4N5O3/c20-12-2-1-3-14(8-12)31-9-15-16(17(24)29)26-27-28(15)13-6-4-11(5-7-13)18(30)25-10-19(21,22)23/h1-8H,9-10H2,(H2,24,29)(H,25,30). The van der Waals surface area contributed by atoms with Crippen LogP contribution in [0.15, 0.2) is 48.5 Å². The van der Waals surface area contributed by atoms with Gasteiger partial charge in [0, 0.05) is 11.6 Å². The average molecular weight is 437 g/mol. The van der Waals surface area contributed by atoms with Gasteiger partial charge in [-0.25, -0.2) is 9.07 Å². The van der Waals surface area contributed by atoms with Crippen molar-refractivity contribution in [3.05, 3.63) is 71.3 Å². The van der Waals surface area contributed by atoms with Crippen LogP contribution in [0.1, 0.15) is 26.5 Å². The quantitative estimate of drug-likeness (QED) is 0.552. The van der Waals surface area contributed by atoms with E-state index in [-0.39, 0.29) is 29.3 Å². The minimum absolute atomic E-state index is 0.0131. The van der Waals surface area contributed by atoms with Gasteiger partial charge in [-0.05, 0) is 36.4 Å². The Morgan fingerprint density at radius 2 is 1.84 bits per heavy atom. The molecule has 0 saturated heterocycles. The zero-order valence-corrected chi connectivity index (χ0v) is 15.7. The number of nitrogens with two attached hydrogens (primary N) is 1. The average Bonchev–Trinajstić information content (AvgIpc) is 3.14. The molecule has 0 spiro atoms. The molecular weight excluding hydrogens is 422 g/mol. The number of hydrogen-bond donors (Lipinski definition) is 2. The Labute approximate surface area is 172 Å². The number of alkyl halides is 3. The summed E-state index contributed by atoms with van der Waals surface area (Å²) in [5, 5.41) is 9.32. The summed E-state index contributed by atoms with van der Waals surface area (Å²) in [4.78, 5) is 23.5. The number of ether oxygens (including phenoxy) is 1. The predicted molar refractivity (Wildman–Crippen MR) is 99.0 cm³/mol. The highest BCUT2D eigenvalue weighted by Crippen LogP contribution is 2.19. The van der Waals surface area contributed by atoms with Crippen molar-refractivity contribution in [2.45, 2.75) is 12.8 Å². The van der Waals surface area contributed by atoms with E-state index in [2.05, 4.69) is 10.3 Å². The minimum atomic E-state index is -4.53. The molecule has 31 heavy (non-hydrogen) atoms. The molecular formula is C19H15F4N5O3. The lowest BCUT2D eigenvalue weighted by Crippen LogP contribution is -2.33. The van der Waals surface area contributed by atoms with Gasteiger partial charge in [0.25, 0.3) is 11.8 Å². The third-order valence-electron chi connectivity index (χ3n) is 3.99. The Hall–Kier alpha value is -3.96. The Balaban J connectivity index is 1.82. The second kappa shape index (κ2) is 8.81. The highest BCUT2D eigenvalue weighted by molar-refractivity contribution is 5.94. The van der Waals surface area contributed by atoms with Gasteiger partial charge in [0.05, 0.1) is 5.69 Å². The maximum absolute atomic E-state index is 13.3. The van der Waals surface area contributed by atoms with Crippen LogP contribution in [0.3, 0.4) is 0 Å². The number of nitrogens with one attached hydrogen (secondary N) is 1. The van der Waals surface area contributed by atoms with Gasteiger partial charge in [-0.15, -0.1) is 5.10 Å². The fraction of sp³-hybridized carbons (Fsp3) is 0.158. The largest absolute Gasteiger partial charge is 0.487 e. The van der Waals surface area contributed by atoms with Gasteiger partial charge in [-0.3, -0.25) is 9.59 Å². The molecule has 0 bridgehead atoms. The van der Waals surface area contributed by atoms with Crippen molar-refractivity contribution < 1.29 is 31.9 Å². The molecule has 2 amide bonds. The van der Waals surface area contributed by atoms with Crippen molar-refractivity contribution in [3.8, 4) is 11.4 Å². The third-order valence-corrected chi connectivity index (χ3v) is 3.99. The zero-order chi connectivity index (χ0) is 22.6. The Kier molecular flexibility index (Phi) is 6.18. The summed E-state index contributed by atoms with van der Waals surface area (Å²) in [6.45, 7) is -1.69. The molecule has 0 unspecified atom stereocenters. The van der Waals surface area contributed by atoms with E-state index in [1.54, 1.807) is 5.32 Å². The predicted octanol–water partition coefficient (Wildman–Crippen LogP) is 2.38. The van der Waals surface area contributed by atoms with E-state index in [1.165, 1.54) is 47.1 Å². The number of halogens is 4. The first-order valence-electron chi connectivity index (χ1n) is 8.72. The van der Waals surface area contributed by atoms with Crippen molar-refractivity contribution in [3.63, 3.8) is 0 Å². The molecule has 0 saturated carbocycles. The van der Waals surface area contributed by atoms with Crippen LogP contribution in [0.4, 0.5) is 17.6 Å². The van der Waals surface area contributed by atoms with E-state index in [0.29, 0.717) is 5.69 Å². The highest BCUT2D eigenvalue weighted by atomic mass is 19.4. The van der Waals surface area contributed by atoms with Crippen LogP contribution in [-0.2, 0) is 6.61 Å². The summed E-state index contributed by atoms with van der Waals surface area (Å²) in [5.74, 6) is -2.10. The van der Waals surface area contributed by atoms with Crippen molar-refractivity contribution in [2.75, 3.05) is 6.54 Å². The molecule has 2 aromatic carbocycles. The zero-order valence-electron chi connectivity index (χ0n) is 15.7. The van der Waals surface area contributed by atoms with Gasteiger partial charge >= 0.3 is 6.18 Å². The molecule has 3 rings (SSSR count). The van der Waals surface area contributed by atoms with Crippen LogP contribution in [0.25, 0.3) is 5.69 Å². The normalized spacial score (nSPS) is 11.2. The summed E-state index contributed by atoms with van der Waals surface area (Å²) in [7, 11) is 0. The number of carbonyl (C=O) groups excluding carboxylic acids is 2. The second-order valence-electron chi connectivity index (χ2n) is 6.25. The second-order valence-corrected chi connectivity index (χ2v) is 6.25. The maximum Gasteiger partial charge on any atom is 0.405 e. The van der Waals surface area contributed by atoms with Crippen molar-refractivity contribution in [1.82, 2.24) is 20.3 Å². The molecule has 0 radical (unpaired) electrons. The molecule has 3 N–H and O–H groups in total.